The SMILES string of the molecule is CCCn1cc(C(=O)OCC)c(=O)c2cc(C)ccc21. The molecule has 1 aromatic carbocycles. The molecule has 4 heteroatoms. The lowest BCUT2D eigenvalue weighted by molar-refractivity contribution is 0.0524. The summed E-state index contributed by atoms with van der Waals surface area (Å²) in [5.41, 5.74) is 1.71. The molecule has 0 amide bonds. The summed E-state index contributed by atoms with van der Waals surface area (Å²) >= 11 is 0. The number of aromatic nitrogens is 1. The molecule has 0 radical (unpaired) electrons. The topological polar surface area (TPSA) is 48.3 Å². The molecule has 2 rings (SSSR count). The second kappa shape index (κ2) is 5.90. The third-order valence-electron chi connectivity index (χ3n) is 3.20. The molecule has 106 valence electrons. The van der Waals surface area contributed by atoms with Crippen LogP contribution in [0.3, 0.4) is 0 Å². The fourth-order valence-electron chi connectivity index (χ4n) is 2.29. The van der Waals surface area contributed by atoms with Gasteiger partial charge in [-0.1, -0.05) is 18.6 Å². The van der Waals surface area contributed by atoms with E-state index in [-0.39, 0.29) is 17.6 Å². The van der Waals surface area contributed by atoms with Crippen molar-refractivity contribution in [2.24, 2.45) is 0 Å². The molecule has 0 aliphatic heterocycles. The zero-order chi connectivity index (χ0) is 14.7. The van der Waals surface area contributed by atoms with Gasteiger partial charge in [-0.2, -0.15) is 0 Å². The van der Waals surface area contributed by atoms with Gasteiger partial charge in [0.05, 0.1) is 12.1 Å². The highest BCUT2D eigenvalue weighted by Crippen LogP contribution is 2.15. The van der Waals surface area contributed by atoms with Crippen molar-refractivity contribution in [2.45, 2.75) is 33.7 Å². The van der Waals surface area contributed by atoms with Crippen LogP contribution in [0.1, 0.15) is 36.2 Å². The van der Waals surface area contributed by atoms with E-state index in [9.17, 15) is 9.59 Å². The van der Waals surface area contributed by atoms with Gasteiger partial charge in [-0.3, -0.25) is 4.79 Å². The Morgan fingerprint density at radius 2 is 2.05 bits per heavy atom. The van der Waals surface area contributed by atoms with Crippen LogP contribution >= 0.6 is 0 Å². The number of rotatable bonds is 4. The van der Waals surface area contributed by atoms with Crippen LogP contribution in [0.4, 0.5) is 0 Å². The van der Waals surface area contributed by atoms with Crippen molar-refractivity contribution in [1.82, 2.24) is 4.57 Å². The smallest absolute Gasteiger partial charge is 0.343 e. The summed E-state index contributed by atoms with van der Waals surface area (Å²) in [4.78, 5) is 24.4. The van der Waals surface area contributed by atoms with E-state index < -0.39 is 5.97 Å². The fourth-order valence-corrected chi connectivity index (χ4v) is 2.29. The van der Waals surface area contributed by atoms with Crippen molar-refractivity contribution in [2.75, 3.05) is 6.61 Å². The standard InChI is InChI=1S/C16H19NO3/c1-4-8-17-10-13(16(19)20-5-2)15(18)12-9-11(3)6-7-14(12)17/h6-7,9-10H,4-5,8H2,1-3H3. The monoisotopic (exact) mass is 273 g/mol. The van der Waals surface area contributed by atoms with Gasteiger partial charge < -0.3 is 9.30 Å². The number of nitrogens with zero attached hydrogens (tertiary/aromatic N) is 1. The van der Waals surface area contributed by atoms with Crippen LogP contribution in [0, 0.1) is 6.92 Å². The number of hydrogen-bond donors (Lipinski definition) is 0. The molecule has 20 heavy (non-hydrogen) atoms. The van der Waals surface area contributed by atoms with Crippen molar-refractivity contribution in [1.29, 1.82) is 0 Å². The zero-order valence-electron chi connectivity index (χ0n) is 12.1. The molecule has 0 aliphatic carbocycles. The maximum atomic E-state index is 12.4. The molecule has 2 aromatic rings. The predicted molar refractivity (Wildman–Crippen MR) is 79.2 cm³/mol. The number of benzene rings is 1. The Labute approximate surface area is 118 Å². The highest BCUT2D eigenvalue weighted by atomic mass is 16.5. The minimum Gasteiger partial charge on any atom is -0.462 e. The molecule has 0 atom stereocenters. The Kier molecular flexibility index (Phi) is 4.23. The molecular formula is C16H19NO3. The van der Waals surface area contributed by atoms with Gasteiger partial charge in [0, 0.05) is 18.1 Å². The average molecular weight is 273 g/mol. The van der Waals surface area contributed by atoms with Crippen molar-refractivity contribution in [3.05, 3.63) is 45.7 Å². The van der Waals surface area contributed by atoms with E-state index in [1.165, 1.54) is 0 Å². The number of ether oxygens (including phenoxy) is 1. The van der Waals surface area contributed by atoms with Gasteiger partial charge in [-0.15, -0.1) is 0 Å². The molecule has 0 saturated carbocycles. The first-order valence-corrected chi connectivity index (χ1v) is 6.89. The maximum absolute atomic E-state index is 12.4. The van der Waals surface area contributed by atoms with Crippen LogP contribution < -0.4 is 5.43 Å². The van der Waals surface area contributed by atoms with Gasteiger partial charge in [0.15, 0.2) is 0 Å². The lowest BCUT2D eigenvalue weighted by Crippen LogP contribution is -2.21. The van der Waals surface area contributed by atoms with Gasteiger partial charge >= 0.3 is 5.97 Å². The third-order valence-corrected chi connectivity index (χ3v) is 3.20. The first-order chi connectivity index (χ1) is 9.58. The zero-order valence-corrected chi connectivity index (χ0v) is 12.1. The molecule has 0 N–H and O–H groups in total. The van der Waals surface area contributed by atoms with E-state index in [0.717, 1.165) is 24.0 Å². The second-order valence-corrected chi connectivity index (χ2v) is 4.81. The van der Waals surface area contributed by atoms with Crippen LogP contribution in [-0.2, 0) is 11.3 Å². The first-order valence-electron chi connectivity index (χ1n) is 6.89. The molecular weight excluding hydrogens is 254 g/mol. The van der Waals surface area contributed by atoms with Crippen molar-refractivity contribution in [3.8, 4) is 0 Å². The van der Waals surface area contributed by atoms with Crippen molar-refractivity contribution in [3.63, 3.8) is 0 Å². The summed E-state index contributed by atoms with van der Waals surface area (Å²) in [6.45, 7) is 6.74. The van der Waals surface area contributed by atoms with E-state index in [4.69, 9.17) is 4.74 Å². The number of hydrogen-bond acceptors (Lipinski definition) is 3. The Morgan fingerprint density at radius 3 is 2.70 bits per heavy atom. The lowest BCUT2D eigenvalue weighted by atomic mass is 10.1. The Balaban J connectivity index is 2.74. The summed E-state index contributed by atoms with van der Waals surface area (Å²) in [7, 11) is 0. The molecule has 0 spiro atoms. The van der Waals surface area contributed by atoms with Gasteiger partial charge in [0.25, 0.3) is 0 Å². The quantitative estimate of drug-likeness (QED) is 0.805. The number of aryl methyl sites for hydroxylation is 2. The minimum absolute atomic E-state index is 0.110. The van der Waals surface area contributed by atoms with Crippen LogP contribution in [-0.4, -0.2) is 17.1 Å². The lowest BCUT2D eigenvalue weighted by Gasteiger charge is -2.12. The highest BCUT2D eigenvalue weighted by molar-refractivity contribution is 5.93. The molecule has 1 aromatic heterocycles. The summed E-state index contributed by atoms with van der Waals surface area (Å²) in [6, 6.07) is 5.72. The van der Waals surface area contributed by atoms with Gasteiger partial charge in [-0.25, -0.2) is 4.79 Å². The number of pyridine rings is 1. The molecule has 0 aliphatic rings. The third kappa shape index (κ3) is 2.59. The fraction of sp³-hybridized carbons (Fsp3) is 0.375. The van der Waals surface area contributed by atoms with Gasteiger partial charge in [-0.05, 0) is 32.4 Å². The van der Waals surface area contributed by atoms with Crippen molar-refractivity contribution >= 4 is 16.9 Å². The number of fused-ring (bicyclic) bond motifs is 1. The van der Waals surface area contributed by atoms with Gasteiger partial charge in [0.1, 0.15) is 5.56 Å². The summed E-state index contributed by atoms with van der Waals surface area (Å²) in [5, 5.41) is 0.573. The molecule has 0 saturated heterocycles. The highest BCUT2D eigenvalue weighted by Gasteiger charge is 2.16. The van der Waals surface area contributed by atoms with E-state index >= 15 is 0 Å². The van der Waals surface area contributed by atoms with Gasteiger partial charge in [0.2, 0.25) is 5.43 Å². The maximum Gasteiger partial charge on any atom is 0.343 e. The first kappa shape index (κ1) is 14.3. The molecule has 4 nitrogen and oxygen atoms in total. The summed E-state index contributed by atoms with van der Waals surface area (Å²) < 4.78 is 6.92. The minimum atomic E-state index is -0.550. The van der Waals surface area contributed by atoms with E-state index in [0.29, 0.717) is 5.39 Å². The number of carbonyl (C=O) groups is 1. The Hall–Kier alpha value is -2.10. The van der Waals surface area contributed by atoms with E-state index in [1.54, 1.807) is 13.1 Å². The molecule has 0 bridgehead atoms. The van der Waals surface area contributed by atoms with E-state index in [2.05, 4.69) is 6.92 Å². The second-order valence-electron chi connectivity index (χ2n) is 4.81. The number of carbonyl (C=O) groups excluding carboxylic acids is 1. The summed E-state index contributed by atoms with van der Waals surface area (Å²) in [5.74, 6) is -0.550. The van der Waals surface area contributed by atoms with Crippen LogP contribution in [0.25, 0.3) is 10.9 Å². The molecule has 0 unspecified atom stereocenters. The molecule has 1 heterocycles. The molecule has 0 fully saturated rings. The van der Waals surface area contributed by atoms with Crippen LogP contribution in [0.5, 0.6) is 0 Å². The Bertz CT molecular complexity index is 701. The number of esters is 1. The summed E-state index contributed by atoms with van der Waals surface area (Å²) in [6.07, 6.45) is 2.54. The predicted octanol–water partition coefficient (Wildman–Crippen LogP) is 2.90. The normalized spacial score (nSPS) is 10.8. The Morgan fingerprint density at radius 1 is 1.30 bits per heavy atom. The van der Waals surface area contributed by atoms with E-state index in [1.807, 2.05) is 29.7 Å². The van der Waals surface area contributed by atoms with Crippen LogP contribution in [0.15, 0.2) is 29.2 Å². The largest absolute Gasteiger partial charge is 0.462 e. The average Bonchev–Trinajstić information content (AvgIpc) is 2.42. The van der Waals surface area contributed by atoms with Crippen LogP contribution in [0.2, 0.25) is 0 Å². The van der Waals surface area contributed by atoms with Crippen molar-refractivity contribution < 1.29 is 9.53 Å².